The lowest BCUT2D eigenvalue weighted by Crippen LogP contribution is -2.00. The summed E-state index contributed by atoms with van der Waals surface area (Å²) in [6.45, 7) is 9.18. The number of hydrogen-bond acceptors (Lipinski definition) is 2. The molecule has 0 saturated carbocycles. The van der Waals surface area contributed by atoms with Crippen LogP contribution in [0.1, 0.15) is 47.0 Å². The molecule has 0 amide bonds. The van der Waals surface area contributed by atoms with Crippen LogP contribution in [0.3, 0.4) is 0 Å². The second-order valence-corrected chi connectivity index (χ2v) is 3.29. The molecule has 0 radical (unpaired) electrons. The molecule has 0 aromatic heterocycles. The van der Waals surface area contributed by atoms with Gasteiger partial charge in [0, 0.05) is 11.4 Å². The maximum absolute atomic E-state index is 5.48. The SMILES string of the molecule is CCC(CC)=N/C(C)=C(\C)CCN. The van der Waals surface area contributed by atoms with Crippen LogP contribution < -0.4 is 5.73 Å². The van der Waals surface area contributed by atoms with Gasteiger partial charge < -0.3 is 5.73 Å². The fraction of sp³-hybridized carbons (Fsp3) is 0.727. The third-order valence-electron chi connectivity index (χ3n) is 2.28. The molecule has 0 fully saturated rings. The molecule has 0 aliphatic carbocycles. The van der Waals surface area contributed by atoms with Gasteiger partial charge in [-0.1, -0.05) is 19.4 Å². The van der Waals surface area contributed by atoms with E-state index in [1.54, 1.807) is 0 Å². The van der Waals surface area contributed by atoms with E-state index >= 15 is 0 Å². The highest BCUT2D eigenvalue weighted by atomic mass is 14.7. The molecule has 76 valence electrons. The zero-order chi connectivity index (χ0) is 10.3. The molecule has 0 bridgehead atoms. The largest absolute Gasteiger partial charge is 0.330 e. The summed E-state index contributed by atoms with van der Waals surface area (Å²) in [4.78, 5) is 4.57. The molecular formula is C11H22N2. The van der Waals surface area contributed by atoms with Gasteiger partial charge in [0.1, 0.15) is 0 Å². The lowest BCUT2D eigenvalue weighted by molar-refractivity contribution is 0.924. The summed E-state index contributed by atoms with van der Waals surface area (Å²) < 4.78 is 0. The zero-order valence-electron chi connectivity index (χ0n) is 9.35. The second kappa shape index (κ2) is 6.84. The van der Waals surface area contributed by atoms with Gasteiger partial charge >= 0.3 is 0 Å². The molecule has 0 aromatic carbocycles. The fourth-order valence-corrected chi connectivity index (χ4v) is 1.14. The van der Waals surface area contributed by atoms with Crippen LogP contribution in [0.2, 0.25) is 0 Å². The third-order valence-corrected chi connectivity index (χ3v) is 2.28. The van der Waals surface area contributed by atoms with Gasteiger partial charge in [-0.2, -0.15) is 0 Å². The monoisotopic (exact) mass is 182 g/mol. The van der Waals surface area contributed by atoms with Gasteiger partial charge in [0.2, 0.25) is 0 Å². The van der Waals surface area contributed by atoms with E-state index in [2.05, 4.69) is 32.7 Å². The third kappa shape index (κ3) is 4.83. The van der Waals surface area contributed by atoms with Crippen molar-refractivity contribution in [2.75, 3.05) is 6.54 Å². The number of nitrogens with two attached hydrogens (primary N) is 1. The predicted octanol–water partition coefficient (Wildman–Crippen LogP) is 2.89. The van der Waals surface area contributed by atoms with Crippen molar-refractivity contribution in [1.29, 1.82) is 0 Å². The highest BCUT2D eigenvalue weighted by molar-refractivity contribution is 5.84. The van der Waals surface area contributed by atoms with E-state index in [0.717, 1.165) is 25.0 Å². The molecular weight excluding hydrogens is 160 g/mol. The highest BCUT2D eigenvalue weighted by Gasteiger charge is 1.96. The van der Waals surface area contributed by atoms with Crippen LogP contribution >= 0.6 is 0 Å². The van der Waals surface area contributed by atoms with Crippen LogP contribution in [-0.2, 0) is 0 Å². The first kappa shape index (κ1) is 12.4. The van der Waals surface area contributed by atoms with Crippen molar-refractivity contribution in [3.8, 4) is 0 Å². The molecule has 2 N–H and O–H groups in total. The van der Waals surface area contributed by atoms with Crippen molar-refractivity contribution < 1.29 is 0 Å². The Morgan fingerprint density at radius 1 is 1.15 bits per heavy atom. The normalized spacial score (nSPS) is 12.4. The van der Waals surface area contributed by atoms with Gasteiger partial charge in [-0.3, -0.25) is 4.99 Å². The van der Waals surface area contributed by atoms with Crippen molar-refractivity contribution in [3.63, 3.8) is 0 Å². The molecule has 0 atom stereocenters. The van der Waals surface area contributed by atoms with E-state index in [4.69, 9.17) is 5.73 Å². The van der Waals surface area contributed by atoms with Gasteiger partial charge in [-0.25, -0.2) is 0 Å². The Balaban J connectivity index is 4.47. The van der Waals surface area contributed by atoms with Gasteiger partial charge in [-0.15, -0.1) is 0 Å². The number of rotatable bonds is 5. The minimum atomic E-state index is 0.715. The van der Waals surface area contributed by atoms with Gasteiger partial charge in [-0.05, 0) is 39.7 Å². The minimum absolute atomic E-state index is 0.715. The van der Waals surface area contributed by atoms with Crippen molar-refractivity contribution in [2.24, 2.45) is 10.7 Å². The van der Waals surface area contributed by atoms with Crippen LogP contribution in [0.15, 0.2) is 16.3 Å². The maximum atomic E-state index is 5.48. The molecule has 0 unspecified atom stereocenters. The molecule has 13 heavy (non-hydrogen) atoms. The Hall–Kier alpha value is -0.630. The van der Waals surface area contributed by atoms with Crippen LogP contribution in [0.25, 0.3) is 0 Å². The summed E-state index contributed by atoms with van der Waals surface area (Å²) in [6, 6.07) is 0. The molecule has 0 aliphatic rings. The standard InChI is InChI=1S/C11H22N2/c1-5-11(6-2)13-10(4)9(3)7-8-12/h5-8,12H2,1-4H3/b10-9+. The molecule has 0 saturated heterocycles. The second-order valence-electron chi connectivity index (χ2n) is 3.29. The number of nitrogens with zero attached hydrogens (tertiary/aromatic N) is 1. The molecule has 2 nitrogen and oxygen atoms in total. The zero-order valence-corrected chi connectivity index (χ0v) is 9.35. The Kier molecular flexibility index (Phi) is 6.51. The minimum Gasteiger partial charge on any atom is -0.330 e. The van der Waals surface area contributed by atoms with E-state index in [-0.39, 0.29) is 0 Å². The lowest BCUT2D eigenvalue weighted by atomic mass is 10.1. The summed E-state index contributed by atoms with van der Waals surface area (Å²) in [5.74, 6) is 0. The number of aliphatic imine (C=N–C) groups is 1. The van der Waals surface area contributed by atoms with Crippen LogP contribution in [0, 0.1) is 0 Å². The topological polar surface area (TPSA) is 38.4 Å². The Labute approximate surface area is 81.9 Å². The smallest absolute Gasteiger partial charge is 0.0361 e. The average Bonchev–Trinajstić information content (AvgIpc) is 2.14. The van der Waals surface area contributed by atoms with E-state index in [1.165, 1.54) is 11.3 Å². The Morgan fingerprint density at radius 2 is 1.69 bits per heavy atom. The summed E-state index contributed by atoms with van der Waals surface area (Å²) in [7, 11) is 0. The first-order valence-electron chi connectivity index (χ1n) is 5.08. The first-order chi connectivity index (χ1) is 6.15. The predicted molar refractivity (Wildman–Crippen MR) is 60.1 cm³/mol. The summed E-state index contributed by atoms with van der Waals surface area (Å²) >= 11 is 0. The number of allylic oxidation sites excluding steroid dienone is 1. The van der Waals surface area contributed by atoms with E-state index in [1.807, 2.05) is 0 Å². The summed E-state index contributed by atoms with van der Waals surface area (Å²) in [5.41, 5.74) is 9.20. The van der Waals surface area contributed by atoms with Crippen LogP contribution in [0.5, 0.6) is 0 Å². The van der Waals surface area contributed by atoms with Gasteiger partial charge in [0.25, 0.3) is 0 Å². The molecule has 0 rings (SSSR count). The summed E-state index contributed by atoms with van der Waals surface area (Å²) in [5, 5.41) is 0. The number of hydrogen-bond donors (Lipinski definition) is 1. The lowest BCUT2D eigenvalue weighted by Gasteiger charge is -2.04. The summed E-state index contributed by atoms with van der Waals surface area (Å²) in [6.07, 6.45) is 3.05. The Morgan fingerprint density at radius 3 is 2.08 bits per heavy atom. The molecule has 0 aromatic rings. The van der Waals surface area contributed by atoms with Crippen molar-refractivity contribution in [3.05, 3.63) is 11.3 Å². The van der Waals surface area contributed by atoms with Gasteiger partial charge in [0.15, 0.2) is 0 Å². The van der Waals surface area contributed by atoms with Crippen LogP contribution in [-0.4, -0.2) is 12.3 Å². The highest BCUT2D eigenvalue weighted by Crippen LogP contribution is 2.09. The molecule has 0 aliphatic heterocycles. The Bertz CT molecular complexity index is 196. The first-order valence-corrected chi connectivity index (χ1v) is 5.08. The average molecular weight is 182 g/mol. The van der Waals surface area contributed by atoms with Gasteiger partial charge in [0.05, 0.1) is 0 Å². The van der Waals surface area contributed by atoms with E-state index < -0.39 is 0 Å². The van der Waals surface area contributed by atoms with Crippen molar-refractivity contribution in [2.45, 2.75) is 47.0 Å². The quantitative estimate of drug-likeness (QED) is 0.652. The van der Waals surface area contributed by atoms with E-state index in [9.17, 15) is 0 Å². The molecule has 0 spiro atoms. The fourth-order valence-electron chi connectivity index (χ4n) is 1.14. The molecule has 2 heteroatoms. The van der Waals surface area contributed by atoms with Crippen molar-refractivity contribution >= 4 is 5.71 Å². The molecule has 0 heterocycles. The van der Waals surface area contributed by atoms with Crippen molar-refractivity contribution in [1.82, 2.24) is 0 Å². The maximum Gasteiger partial charge on any atom is 0.0361 e. The van der Waals surface area contributed by atoms with E-state index in [0.29, 0.717) is 6.54 Å². The van der Waals surface area contributed by atoms with Crippen LogP contribution in [0.4, 0.5) is 0 Å².